The monoisotopic (exact) mass is 413 g/mol. The van der Waals surface area contributed by atoms with Gasteiger partial charge in [-0.05, 0) is 42.0 Å². The van der Waals surface area contributed by atoms with Crippen LogP contribution < -0.4 is 0 Å². The van der Waals surface area contributed by atoms with Gasteiger partial charge in [-0.1, -0.05) is 28.9 Å². The number of benzene rings is 2. The second-order valence-corrected chi connectivity index (χ2v) is 6.89. The average Bonchev–Trinajstić information content (AvgIpc) is 3.21. The van der Waals surface area contributed by atoms with Crippen molar-refractivity contribution in [3.05, 3.63) is 70.6 Å². The molecule has 0 N–H and O–H groups in total. The maximum atomic E-state index is 12.4. The number of amides is 1. The van der Waals surface area contributed by atoms with E-state index in [1.807, 2.05) is 0 Å². The number of rotatable bonds is 7. The molecule has 0 bridgehead atoms. The third-order valence-corrected chi connectivity index (χ3v) is 4.60. The second kappa shape index (κ2) is 9.34. The topological polar surface area (TPSA) is 85.5 Å². The largest absolute Gasteiger partial charge is 0.465 e. The van der Waals surface area contributed by atoms with Crippen LogP contribution in [0.3, 0.4) is 0 Å². The van der Waals surface area contributed by atoms with E-state index in [2.05, 4.69) is 14.9 Å². The van der Waals surface area contributed by atoms with E-state index < -0.39 is 5.97 Å². The molecule has 0 aliphatic heterocycles. The first-order valence-corrected chi connectivity index (χ1v) is 9.34. The minimum Gasteiger partial charge on any atom is -0.465 e. The highest BCUT2D eigenvalue weighted by Gasteiger charge is 2.14. The van der Waals surface area contributed by atoms with Crippen molar-refractivity contribution in [3.8, 4) is 11.4 Å². The Labute approximate surface area is 173 Å². The third-order valence-electron chi connectivity index (χ3n) is 4.34. The van der Waals surface area contributed by atoms with Crippen LogP contribution in [0.1, 0.15) is 28.2 Å². The fourth-order valence-corrected chi connectivity index (χ4v) is 2.83. The van der Waals surface area contributed by atoms with E-state index in [1.165, 1.54) is 7.11 Å². The molecule has 0 radical (unpaired) electrons. The highest BCUT2D eigenvalue weighted by Crippen LogP contribution is 2.19. The molecule has 1 amide bonds. The van der Waals surface area contributed by atoms with Crippen LogP contribution in [-0.2, 0) is 22.5 Å². The van der Waals surface area contributed by atoms with Gasteiger partial charge in [-0.15, -0.1) is 0 Å². The zero-order chi connectivity index (χ0) is 20.8. The van der Waals surface area contributed by atoms with Crippen LogP contribution in [0.25, 0.3) is 11.4 Å². The molecular weight excluding hydrogens is 394 g/mol. The molecule has 0 spiro atoms. The molecule has 0 saturated heterocycles. The molecule has 0 aliphatic rings. The van der Waals surface area contributed by atoms with Gasteiger partial charge in [0.25, 0.3) is 0 Å². The molecule has 0 saturated carbocycles. The van der Waals surface area contributed by atoms with E-state index in [4.69, 9.17) is 16.1 Å². The molecule has 150 valence electrons. The van der Waals surface area contributed by atoms with Crippen molar-refractivity contribution >= 4 is 23.5 Å². The van der Waals surface area contributed by atoms with Gasteiger partial charge < -0.3 is 14.2 Å². The lowest BCUT2D eigenvalue weighted by Crippen LogP contribution is -2.26. The number of hydrogen-bond acceptors (Lipinski definition) is 6. The Balaban J connectivity index is 1.52. The van der Waals surface area contributed by atoms with Gasteiger partial charge in [0.2, 0.25) is 17.6 Å². The molecule has 29 heavy (non-hydrogen) atoms. The summed E-state index contributed by atoms with van der Waals surface area (Å²) in [6, 6.07) is 14.1. The van der Waals surface area contributed by atoms with Gasteiger partial charge in [-0.25, -0.2) is 4.79 Å². The number of halogens is 1. The van der Waals surface area contributed by atoms with Gasteiger partial charge in [0, 0.05) is 37.0 Å². The molecule has 3 aromatic rings. The number of ether oxygens (including phenoxy) is 1. The van der Waals surface area contributed by atoms with Crippen LogP contribution in [0.2, 0.25) is 5.02 Å². The Morgan fingerprint density at radius 3 is 2.45 bits per heavy atom. The van der Waals surface area contributed by atoms with Crippen molar-refractivity contribution in [2.24, 2.45) is 0 Å². The molecular formula is C21H20ClN3O4. The summed E-state index contributed by atoms with van der Waals surface area (Å²) in [7, 11) is 3.06. The second-order valence-electron chi connectivity index (χ2n) is 6.46. The zero-order valence-electron chi connectivity index (χ0n) is 16.1. The van der Waals surface area contributed by atoms with Gasteiger partial charge in [-0.3, -0.25) is 4.79 Å². The van der Waals surface area contributed by atoms with Crippen LogP contribution in [0.4, 0.5) is 0 Å². The SMILES string of the molecule is COC(=O)c1ccc(CN(C)C(=O)CCc2nc(-c3ccc(Cl)cc3)no2)cc1. The Kier molecular flexibility index (Phi) is 6.61. The van der Waals surface area contributed by atoms with Gasteiger partial charge in [0.1, 0.15) is 0 Å². The molecule has 0 atom stereocenters. The number of hydrogen-bond donors (Lipinski definition) is 0. The van der Waals surface area contributed by atoms with Crippen LogP contribution >= 0.6 is 11.6 Å². The molecule has 2 aromatic carbocycles. The summed E-state index contributed by atoms with van der Waals surface area (Å²) in [5.74, 6) is 0.425. The quantitative estimate of drug-likeness (QED) is 0.548. The lowest BCUT2D eigenvalue weighted by molar-refractivity contribution is -0.130. The van der Waals surface area contributed by atoms with Crippen LogP contribution in [0, 0.1) is 0 Å². The molecule has 0 fully saturated rings. The van der Waals surface area contributed by atoms with E-state index in [0.717, 1.165) is 11.1 Å². The molecule has 7 nitrogen and oxygen atoms in total. The predicted octanol–water partition coefficient (Wildman–Crippen LogP) is 3.77. The van der Waals surface area contributed by atoms with Crippen LogP contribution in [0.5, 0.6) is 0 Å². The first-order valence-electron chi connectivity index (χ1n) is 8.96. The molecule has 8 heteroatoms. The molecule has 1 aromatic heterocycles. The van der Waals surface area contributed by atoms with Gasteiger partial charge in [0.05, 0.1) is 12.7 Å². The van der Waals surface area contributed by atoms with Crippen molar-refractivity contribution in [1.29, 1.82) is 0 Å². The third kappa shape index (κ3) is 5.42. The maximum Gasteiger partial charge on any atom is 0.337 e. The Morgan fingerprint density at radius 2 is 1.79 bits per heavy atom. The Morgan fingerprint density at radius 1 is 1.10 bits per heavy atom. The Bertz CT molecular complexity index is 984. The minimum atomic E-state index is -0.390. The molecule has 1 heterocycles. The molecule has 3 rings (SSSR count). The predicted molar refractivity (Wildman–Crippen MR) is 107 cm³/mol. The minimum absolute atomic E-state index is 0.0479. The van der Waals surface area contributed by atoms with Crippen molar-refractivity contribution in [2.75, 3.05) is 14.2 Å². The van der Waals surface area contributed by atoms with Crippen molar-refractivity contribution in [2.45, 2.75) is 19.4 Å². The molecule has 0 unspecified atom stereocenters. The maximum absolute atomic E-state index is 12.4. The van der Waals surface area contributed by atoms with Crippen molar-refractivity contribution in [3.63, 3.8) is 0 Å². The standard InChI is InChI=1S/C21H20ClN3O4/c1-25(13-14-3-5-16(6-4-14)21(27)28-2)19(26)12-11-18-23-20(24-29-18)15-7-9-17(22)10-8-15/h3-10H,11-13H2,1-2H3. The lowest BCUT2D eigenvalue weighted by Gasteiger charge is -2.17. The van der Waals surface area contributed by atoms with Gasteiger partial charge >= 0.3 is 5.97 Å². The smallest absolute Gasteiger partial charge is 0.337 e. The summed E-state index contributed by atoms with van der Waals surface area (Å²) in [5, 5.41) is 4.57. The molecule has 0 aliphatic carbocycles. The van der Waals surface area contributed by atoms with Crippen LogP contribution in [0.15, 0.2) is 53.1 Å². The number of carbonyl (C=O) groups excluding carboxylic acids is 2. The normalized spacial score (nSPS) is 10.6. The van der Waals surface area contributed by atoms with E-state index in [0.29, 0.717) is 35.3 Å². The lowest BCUT2D eigenvalue weighted by atomic mass is 10.1. The van der Waals surface area contributed by atoms with Crippen molar-refractivity contribution in [1.82, 2.24) is 15.0 Å². The summed E-state index contributed by atoms with van der Waals surface area (Å²) < 4.78 is 9.91. The highest BCUT2D eigenvalue weighted by atomic mass is 35.5. The summed E-state index contributed by atoms with van der Waals surface area (Å²) >= 11 is 5.88. The van der Waals surface area contributed by atoms with Gasteiger partial charge in [0.15, 0.2) is 0 Å². The van der Waals surface area contributed by atoms with Crippen molar-refractivity contribution < 1.29 is 18.8 Å². The number of methoxy groups -OCH3 is 1. The van der Waals surface area contributed by atoms with E-state index in [-0.39, 0.29) is 12.3 Å². The van der Waals surface area contributed by atoms with E-state index >= 15 is 0 Å². The number of aromatic nitrogens is 2. The first-order chi connectivity index (χ1) is 14.0. The first kappa shape index (κ1) is 20.5. The fraction of sp³-hybridized carbons (Fsp3) is 0.238. The number of nitrogens with zero attached hydrogens (tertiary/aromatic N) is 3. The zero-order valence-corrected chi connectivity index (χ0v) is 16.8. The summed E-state index contributed by atoms with van der Waals surface area (Å²) in [4.78, 5) is 29.8. The van der Waals surface area contributed by atoms with E-state index in [1.54, 1.807) is 60.5 Å². The van der Waals surface area contributed by atoms with Crippen LogP contribution in [-0.4, -0.2) is 41.1 Å². The summed E-state index contributed by atoms with van der Waals surface area (Å²) in [6.45, 7) is 0.431. The van der Waals surface area contributed by atoms with E-state index in [9.17, 15) is 9.59 Å². The number of esters is 1. The highest BCUT2D eigenvalue weighted by molar-refractivity contribution is 6.30. The number of carbonyl (C=O) groups is 2. The fourth-order valence-electron chi connectivity index (χ4n) is 2.70. The summed E-state index contributed by atoms with van der Waals surface area (Å²) in [6.07, 6.45) is 0.601. The van der Waals surface area contributed by atoms with Gasteiger partial charge in [-0.2, -0.15) is 4.98 Å². The summed E-state index contributed by atoms with van der Waals surface area (Å²) in [5.41, 5.74) is 2.18. The Hall–Kier alpha value is -3.19. The average molecular weight is 414 g/mol. The number of aryl methyl sites for hydroxylation is 1.